The normalized spacial score (nSPS) is 11.2. The molecule has 0 bridgehead atoms. The predicted molar refractivity (Wildman–Crippen MR) is 54.5 cm³/mol. The fourth-order valence-electron chi connectivity index (χ4n) is 1.27. The quantitative estimate of drug-likeness (QED) is 0.767. The highest BCUT2D eigenvalue weighted by Gasteiger charge is 2.08. The molecule has 2 aromatic heterocycles. The lowest BCUT2D eigenvalue weighted by molar-refractivity contribution is 0.451. The first-order valence-corrected chi connectivity index (χ1v) is 4.97. The van der Waals surface area contributed by atoms with Crippen LogP contribution in [0.1, 0.15) is 36.9 Å². The summed E-state index contributed by atoms with van der Waals surface area (Å²) in [6, 6.07) is 1.97. The number of aromatic nitrogens is 4. The Hall–Kier alpha value is -1.65. The highest BCUT2D eigenvalue weighted by molar-refractivity contribution is 5.10. The summed E-state index contributed by atoms with van der Waals surface area (Å²) in [4.78, 5) is 1.55. The lowest BCUT2D eigenvalue weighted by atomic mass is 10.2. The zero-order chi connectivity index (χ0) is 10.8. The number of rotatable bonds is 3. The van der Waals surface area contributed by atoms with E-state index >= 15 is 0 Å². The zero-order valence-electron chi connectivity index (χ0n) is 9.14. The van der Waals surface area contributed by atoms with Crippen molar-refractivity contribution in [3.63, 3.8) is 0 Å². The van der Waals surface area contributed by atoms with Gasteiger partial charge in [0.15, 0.2) is 5.82 Å². The Kier molecular flexibility index (Phi) is 2.53. The monoisotopic (exact) mass is 206 g/mol. The molecule has 0 radical (unpaired) electrons. The van der Waals surface area contributed by atoms with Crippen molar-refractivity contribution in [2.24, 2.45) is 0 Å². The molecule has 0 spiro atoms. The van der Waals surface area contributed by atoms with Gasteiger partial charge in [-0.15, -0.1) is 10.2 Å². The molecule has 5 nitrogen and oxygen atoms in total. The smallest absolute Gasteiger partial charge is 0.177 e. The largest absolute Gasteiger partial charge is 0.467 e. The van der Waals surface area contributed by atoms with E-state index in [-0.39, 0.29) is 0 Å². The average Bonchev–Trinajstić information content (AvgIpc) is 2.76. The second-order valence-electron chi connectivity index (χ2n) is 3.92. The van der Waals surface area contributed by atoms with Gasteiger partial charge in [0.25, 0.3) is 0 Å². The summed E-state index contributed by atoms with van der Waals surface area (Å²) in [6.07, 6.45) is 1.72. The second kappa shape index (κ2) is 3.84. The van der Waals surface area contributed by atoms with E-state index in [9.17, 15) is 0 Å². The number of furan rings is 1. The van der Waals surface area contributed by atoms with Crippen molar-refractivity contribution < 1.29 is 4.42 Å². The van der Waals surface area contributed by atoms with Crippen molar-refractivity contribution in [2.75, 3.05) is 0 Å². The molecule has 0 amide bonds. The maximum atomic E-state index is 5.31. The Balaban J connectivity index is 2.11. The lowest BCUT2D eigenvalue weighted by Crippen LogP contribution is -2.03. The molecule has 0 saturated heterocycles. The summed E-state index contributed by atoms with van der Waals surface area (Å²) in [5.74, 6) is 1.91. The molecule has 0 saturated carbocycles. The van der Waals surface area contributed by atoms with Crippen molar-refractivity contribution in [2.45, 2.75) is 33.2 Å². The molecule has 0 aliphatic rings. The molecule has 0 fully saturated rings. The highest BCUT2D eigenvalue weighted by Crippen LogP contribution is 2.09. The minimum Gasteiger partial charge on any atom is -0.467 e. The van der Waals surface area contributed by atoms with Crippen LogP contribution >= 0.6 is 0 Å². The van der Waals surface area contributed by atoms with Gasteiger partial charge in [0.05, 0.1) is 6.26 Å². The van der Waals surface area contributed by atoms with Crippen molar-refractivity contribution >= 4 is 0 Å². The summed E-state index contributed by atoms with van der Waals surface area (Å²) in [7, 11) is 0. The van der Waals surface area contributed by atoms with E-state index in [0.717, 1.165) is 17.1 Å². The number of hydrogen-bond donors (Lipinski definition) is 0. The zero-order valence-corrected chi connectivity index (χ0v) is 9.14. The van der Waals surface area contributed by atoms with Crippen LogP contribution in [0.4, 0.5) is 0 Å². The second-order valence-corrected chi connectivity index (χ2v) is 3.92. The molecule has 2 rings (SSSR count). The Morgan fingerprint density at radius 3 is 2.80 bits per heavy atom. The minimum atomic E-state index is 0.303. The van der Waals surface area contributed by atoms with Gasteiger partial charge in [0.2, 0.25) is 0 Å². The first kappa shape index (κ1) is 9.89. The molecule has 0 unspecified atom stereocenters. The fourth-order valence-corrected chi connectivity index (χ4v) is 1.27. The molecule has 0 aliphatic carbocycles. The van der Waals surface area contributed by atoms with Crippen LogP contribution in [-0.2, 0) is 6.54 Å². The molecule has 0 aliphatic heterocycles. The van der Waals surface area contributed by atoms with E-state index < -0.39 is 0 Å². The molecule has 0 N–H and O–H groups in total. The van der Waals surface area contributed by atoms with Crippen molar-refractivity contribution in [3.05, 3.63) is 29.5 Å². The standard InChI is InChI=1S/C10H14N4O/c1-7(2)10-11-13-14(12-10)5-9-4-8(3)6-15-9/h4,6-7H,5H2,1-3H3. The van der Waals surface area contributed by atoms with Crippen LogP contribution < -0.4 is 0 Å². The van der Waals surface area contributed by atoms with Gasteiger partial charge in [-0.3, -0.25) is 0 Å². The third-order valence-corrected chi connectivity index (χ3v) is 2.07. The number of aryl methyl sites for hydroxylation is 1. The molecule has 2 aromatic rings. The number of nitrogens with zero attached hydrogens (tertiary/aromatic N) is 4. The van der Waals surface area contributed by atoms with Crippen LogP contribution in [-0.4, -0.2) is 20.2 Å². The van der Waals surface area contributed by atoms with E-state index in [1.807, 2.05) is 26.8 Å². The van der Waals surface area contributed by atoms with Crippen LogP contribution in [0.5, 0.6) is 0 Å². The van der Waals surface area contributed by atoms with Crippen LogP contribution in [0.2, 0.25) is 0 Å². The molecule has 0 atom stereocenters. The fraction of sp³-hybridized carbons (Fsp3) is 0.500. The van der Waals surface area contributed by atoms with E-state index in [1.54, 1.807) is 11.1 Å². The molecule has 5 heteroatoms. The first-order chi connectivity index (χ1) is 7.15. The molecular formula is C10H14N4O. The van der Waals surface area contributed by atoms with Crippen LogP contribution in [0.3, 0.4) is 0 Å². The lowest BCUT2D eigenvalue weighted by Gasteiger charge is -1.95. The van der Waals surface area contributed by atoms with Crippen LogP contribution in [0.25, 0.3) is 0 Å². The maximum Gasteiger partial charge on any atom is 0.177 e. The molecule has 2 heterocycles. The summed E-state index contributed by atoms with van der Waals surface area (Å²) in [5.41, 5.74) is 1.11. The summed E-state index contributed by atoms with van der Waals surface area (Å²) in [6.45, 7) is 6.60. The Labute approximate surface area is 88.1 Å². The van der Waals surface area contributed by atoms with Gasteiger partial charge in [-0.2, -0.15) is 4.80 Å². The Morgan fingerprint density at radius 2 is 2.27 bits per heavy atom. The van der Waals surface area contributed by atoms with Crippen molar-refractivity contribution in [1.82, 2.24) is 20.2 Å². The van der Waals surface area contributed by atoms with Gasteiger partial charge < -0.3 is 4.42 Å². The van der Waals surface area contributed by atoms with Crippen molar-refractivity contribution in [3.8, 4) is 0 Å². The predicted octanol–water partition coefficient (Wildman–Crippen LogP) is 1.75. The SMILES string of the molecule is Cc1coc(Cn2nnc(C(C)C)n2)c1. The van der Waals surface area contributed by atoms with E-state index in [1.165, 1.54) is 0 Å². The van der Waals surface area contributed by atoms with Gasteiger partial charge in [-0.25, -0.2) is 0 Å². The minimum absolute atomic E-state index is 0.303. The third kappa shape index (κ3) is 2.23. The van der Waals surface area contributed by atoms with Crippen molar-refractivity contribution in [1.29, 1.82) is 0 Å². The number of tetrazole rings is 1. The molecule has 80 valence electrons. The summed E-state index contributed by atoms with van der Waals surface area (Å²) < 4.78 is 5.31. The maximum absolute atomic E-state index is 5.31. The van der Waals surface area contributed by atoms with Gasteiger partial charge in [0.1, 0.15) is 12.3 Å². The van der Waals surface area contributed by atoms with E-state index in [2.05, 4.69) is 15.4 Å². The first-order valence-electron chi connectivity index (χ1n) is 4.97. The van der Waals surface area contributed by atoms with Gasteiger partial charge >= 0.3 is 0 Å². The van der Waals surface area contributed by atoms with E-state index in [0.29, 0.717) is 12.5 Å². The summed E-state index contributed by atoms with van der Waals surface area (Å²) in [5, 5.41) is 12.2. The van der Waals surface area contributed by atoms with Gasteiger partial charge in [0, 0.05) is 5.92 Å². The molecular weight excluding hydrogens is 192 g/mol. The Bertz CT molecular complexity index is 444. The van der Waals surface area contributed by atoms with Crippen LogP contribution in [0, 0.1) is 6.92 Å². The molecule has 0 aromatic carbocycles. The van der Waals surface area contributed by atoms with Gasteiger partial charge in [-0.05, 0) is 23.8 Å². The highest BCUT2D eigenvalue weighted by atomic mass is 16.3. The van der Waals surface area contributed by atoms with E-state index in [4.69, 9.17) is 4.42 Å². The Morgan fingerprint density at radius 1 is 1.47 bits per heavy atom. The topological polar surface area (TPSA) is 56.7 Å². The molecule has 15 heavy (non-hydrogen) atoms. The summed E-state index contributed by atoms with van der Waals surface area (Å²) >= 11 is 0. The van der Waals surface area contributed by atoms with Gasteiger partial charge in [-0.1, -0.05) is 13.8 Å². The number of hydrogen-bond acceptors (Lipinski definition) is 4. The average molecular weight is 206 g/mol. The van der Waals surface area contributed by atoms with Crippen LogP contribution in [0.15, 0.2) is 16.7 Å². The third-order valence-electron chi connectivity index (χ3n) is 2.07.